The molecule has 0 saturated heterocycles. The summed E-state index contributed by atoms with van der Waals surface area (Å²) < 4.78 is 0. The smallest absolute Gasteiger partial charge is 1.00 e. The minimum Gasteiger partial charge on any atom is -1.00 e. The van der Waals surface area contributed by atoms with Gasteiger partial charge in [0.05, 0.1) is 0 Å². The topological polar surface area (TPSA) is 87.0 Å². The molecule has 0 aromatic carbocycles. The van der Waals surface area contributed by atoms with Crippen LogP contribution in [0, 0.1) is 0 Å². The van der Waals surface area contributed by atoms with Gasteiger partial charge in [0.25, 0.3) is 5.97 Å². The van der Waals surface area contributed by atoms with Crippen LogP contribution in [-0.4, -0.2) is 35.4 Å². The Bertz CT molecular complexity index is 146. The Balaban J connectivity index is -0.0000000483. The van der Waals surface area contributed by atoms with E-state index < -0.39 is 11.9 Å². The fourth-order valence-corrected chi connectivity index (χ4v) is 0.110. The van der Waals surface area contributed by atoms with E-state index >= 15 is 0 Å². The average Bonchev–Trinajstić information content (AvgIpc) is 1.62. The second kappa shape index (κ2) is 12.3. The van der Waals surface area contributed by atoms with E-state index in [1.54, 1.807) is 0 Å². The van der Waals surface area contributed by atoms with Gasteiger partial charge in [-0.1, -0.05) is 0 Å². The largest absolute Gasteiger partial charge is 1.00 e. The molecule has 0 spiro atoms. The molecule has 0 aliphatic rings. The second-order valence-electron chi connectivity index (χ2n) is 1.24. The molecule has 0 radical (unpaired) electrons. The number of aliphatic imine (C=N–C) groups is 1. The van der Waals surface area contributed by atoms with Crippen LogP contribution < -0.4 is 29.6 Å². The van der Waals surface area contributed by atoms with Gasteiger partial charge < -0.3 is 11.6 Å². The van der Waals surface area contributed by atoms with Gasteiger partial charge in [0.1, 0.15) is 6.21 Å². The van der Waals surface area contributed by atoms with E-state index in [0.717, 1.165) is 13.1 Å². The maximum absolute atomic E-state index is 9.45. The zero-order valence-corrected chi connectivity index (χ0v) is 8.74. The van der Waals surface area contributed by atoms with Crippen LogP contribution in [0.3, 0.4) is 0 Å². The SMILES string of the molecule is CC(=O)O.CN=CC(=O)O.[H-].[Na+]. The van der Waals surface area contributed by atoms with Crippen molar-refractivity contribution in [3.8, 4) is 0 Å². The van der Waals surface area contributed by atoms with Crippen LogP contribution in [0.15, 0.2) is 4.99 Å². The van der Waals surface area contributed by atoms with Crippen LogP contribution in [-0.2, 0) is 9.59 Å². The summed E-state index contributed by atoms with van der Waals surface area (Å²) in [6.07, 6.45) is 0.833. The Morgan fingerprint density at radius 3 is 1.73 bits per heavy atom. The molecule has 0 atom stereocenters. The molecule has 60 valence electrons. The van der Waals surface area contributed by atoms with E-state index in [-0.39, 0.29) is 31.0 Å². The van der Waals surface area contributed by atoms with Crippen LogP contribution in [0.1, 0.15) is 8.35 Å². The molecule has 0 aromatic rings. The summed E-state index contributed by atoms with van der Waals surface area (Å²) in [7, 11) is 1.41. The van der Waals surface area contributed by atoms with E-state index in [1.807, 2.05) is 0 Å². The van der Waals surface area contributed by atoms with Crippen molar-refractivity contribution in [1.29, 1.82) is 0 Å². The summed E-state index contributed by atoms with van der Waals surface area (Å²) in [5.74, 6) is -1.84. The van der Waals surface area contributed by atoms with Crippen molar-refractivity contribution in [1.82, 2.24) is 0 Å². The van der Waals surface area contributed by atoms with Crippen molar-refractivity contribution < 1.29 is 50.8 Å². The molecule has 11 heavy (non-hydrogen) atoms. The van der Waals surface area contributed by atoms with Crippen LogP contribution in [0.2, 0.25) is 0 Å². The number of hydrogen-bond acceptors (Lipinski definition) is 3. The summed E-state index contributed by atoms with van der Waals surface area (Å²) >= 11 is 0. The van der Waals surface area contributed by atoms with Crippen molar-refractivity contribution in [2.45, 2.75) is 6.92 Å². The Morgan fingerprint density at radius 2 is 1.73 bits per heavy atom. The van der Waals surface area contributed by atoms with Crippen molar-refractivity contribution in [3.05, 3.63) is 0 Å². The van der Waals surface area contributed by atoms with Crippen LogP contribution in [0.4, 0.5) is 0 Å². The van der Waals surface area contributed by atoms with E-state index in [9.17, 15) is 4.79 Å². The van der Waals surface area contributed by atoms with Crippen molar-refractivity contribution in [3.63, 3.8) is 0 Å². The maximum Gasteiger partial charge on any atom is 1.00 e. The molecule has 2 N–H and O–H groups in total. The maximum atomic E-state index is 9.45. The Morgan fingerprint density at radius 1 is 1.45 bits per heavy atom. The molecule has 0 rings (SSSR count). The van der Waals surface area contributed by atoms with Gasteiger partial charge in [0.2, 0.25) is 0 Å². The van der Waals surface area contributed by atoms with E-state index in [2.05, 4.69) is 4.99 Å². The summed E-state index contributed by atoms with van der Waals surface area (Å²) in [4.78, 5) is 21.7. The van der Waals surface area contributed by atoms with Crippen LogP contribution >= 0.6 is 0 Å². The molecule has 0 heterocycles. The molecular formula is C5H10NNaO4. The predicted octanol–water partition coefficient (Wildman–Crippen LogP) is -3.02. The normalized spacial score (nSPS) is 7.45. The number of nitrogens with zero attached hydrogens (tertiary/aromatic N) is 1. The van der Waals surface area contributed by atoms with Gasteiger partial charge in [-0.3, -0.25) is 9.79 Å². The first kappa shape index (κ1) is 16.9. The third kappa shape index (κ3) is 81.7. The van der Waals surface area contributed by atoms with Crippen LogP contribution in [0.25, 0.3) is 0 Å². The van der Waals surface area contributed by atoms with Gasteiger partial charge in [-0.25, -0.2) is 4.79 Å². The molecule has 0 unspecified atom stereocenters. The molecule has 0 aliphatic heterocycles. The summed E-state index contributed by atoms with van der Waals surface area (Å²) in [6, 6.07) is 0. The molecule has 0 amide bonds. The first-order chi connectivity index (χ1) is 4.50. The fourth-order valence-electron chi connectivity index (χ4n) is 0.110. The molecule has 0 bridgehead atoms. The molecule has 0 fully saturated rings. The first-order valence-corrected chi connectivity index (χ1v) is 2.35. The van der Waals surface area contributed by atoms with E-state index in [4.69, 9.17) is 15.0 Å². The number of carbonyl (C=O) groups is 2. The standard InChI is InChI=1S/C3H5NO2.C2H4O2.Na.H/c1-4-2-3(5)6;1-2(3)4;;/h2H,1H3,(H,5,6);1H3,(H,3,4);;/q;;+1;-1. The molecular weight excluding hydrogens is 161 g/mol. The molecule has 0 aromatic heterocycles. The van der Waals surface area contributed by atoms with Gasteiger partial charge in [0.15, 0.2) is 0 Å². The monoisotopic (exact) mass is 171 g/mol. The number of hydrogen-bond donors (Lipinski definition) is 2. The Hall–Kier alpha value is -0.390. The van der Waals surface area contributed by atoms with Gasteiger partial charge in [-0.15, -0.1) is 0 Å². The number of aliphatic carboxylic acids is 2. The van der Waals surface area contributed by atoms with Crippen molar-refractivity contribution >= 4 is 18.2 Å². The third-order valence-electron chi connectivity index (χ3n) is 0.240. The summed E-state index contributed by atoms with van der Waals surface area (Å²) in [6.45, 7) is 1.08. The second-order valence-corrected chi connectivity index (χ2v) is 1.24. The van der Waals surface area contributed by atoms with E-state index in [0.29, 0.717) is 0 Å². The molecule has 6 heteroatoms. The minimum absolute atomic E-state index is 0. The zero-order valence-electron chi connectivity index (χ0n) is 7.74. The summed E-state index contributed by atoms with van der Waals surface area (Å²) in [5, 5.41) is 15.2. The zero-order chi connectivity index (χ0) is 8.57. The average molecular weight is 171 g/mol. The summed E-state index contributed by atoms with van der Waals surface area (Å²) in [5.41, 5.74) is 0. The van der Waals surface area contributed by atoms with Gasteiger partial charge in [0, 0.05) is 14.0 Å². The predicted molar refractivity (Wildman–Crippen MR) is 36.5 cm³/mol. The first-order valence-electron chi connectivity index (χ1n) is 2.35. The van der Waals surface area contributed by atoms with E-state index in [1.165, 1.54) is 7.05 Å². The minimum atomic E-state index is -1.00. The number of rotatable bonds is 1. The van der Waals surface area contributed by atoms with Gasteiger partial charge >= 0.3 is 35.5 Å². The van der Waals surface area contributed by atoms with Crippen LogP contribution in [0.5, 0.6) is 0 Å². The fraction of sp³-hybridized carbons (Fsp3) is 0.400. The Labute approximate surface area is 87.9 Å². The quantitative estimate of drug-likeness (QED) is 0.324. The number of carboxylic acids is 2. The van der Waals surface area contributed by atoms with Crippen molar-refractivity contribution in [2.24, 2.45) is 4.99 Å². The van der Waals surface area contributed by atoms with Crippen molar-refractivity contribution in [2.75, 3.05) is 7.05 Å². The molecule has 0 saturated carbocycles. The van der Waals surface area contributed by atoms with Gasteiger partial charge in [-0.2, -0.15) is 0 Å². The van der Waals surface area contributed by atoms with Gasteiger partial charge in [-0.05, 0) is 0 Å². The molecule has 5 nitrogen and oxygen atoms in total. The number of carboxylic acid groups (broad SMARTS) is 2. The molecule has 0 aliphatic carbocycles. The Kier molecular flexibility index (Phi) is 18.9. The third-order valence-corrected chi connectivity index (χ3v) is 0.240.